The highest BCUT2D eigenvalue weighted by molar-refractivity contribution is 5.99. The molecule has 0 aromatic heterocycles. The molecule has 51 heavy (non-hydrogen) atoms. The van der Waals surface area contributed by atoms with E-state index in [0.717, 1.165) is 75.0 Å². The van der Waals surface area contributed by atoms with E-state index in [2.05, 4.69) is 34.0 Å². The van der Waals surface area contributed by atoms with Gasteiger partial charge in [-0.05, 0) is 69.4 Å². The van der Waals surface area contributed by atoms with Crippen LogP contribution in [0.4, 0.5) is 13.2 Å². The van der Waals surface area contributed by atoms with E-state index in [1.54, 1.807) is 13.2 Å². The van der Waals surface area contributed by atoms with Gasteiger partial charge < -0.3 is 24.8 Å². The van der Waals surface area contributed by atoms with E-state index in [1.165, 1.54) is 0 Å². The van der Waals surface area contributed by atoms with Crippen molar-refractivity contribution in [3.05, 3.63) is 53.6 Å². The Bertz CT molecular complexity index is 1380. The molecular weight excluding hydrogens is 663 g/mol. The SMILES string of the molecule is CCCCN=C(N)NC(=O)C(Cc1ccc(-c2ccccc2)c(OCCCOC)c1CN1CCC(N(CCC)CCC)CC1)OC(=O)C(F)(F)F. The number of hydrogen-bond acceptors (Lipinski definition) is 8. The number of nitrogens with two attached hydrogens (primary N) is 1. The van der Waals surface area contributed by atoms with Crippen LogP contribution >= 0.6 is 0 Å². The van der Waals surface area contributed by atoms with Crippen LogP contribution in [-0.2, 0) is 32.0 Å². The number of methoxy groups -OCH3 is 1. The molecule has 0 bridgehead atoms. The van der Waals surface area contributed by atoms with Crippen LogP contribution in [0.25, 0.3) is 11.1 Å². The number of amides is 1. The van der Waals surface area contributed by atoms with Crippen LogP contribution in [0.5, 0.6) is 5.75 Å². The first-order valence-electron chi connectivity index (χ1n) is 18.2. The Labute approximate surface area is 300 Å². The van der Waals surface area contributed by atoms with Crippen LogP contribution in [-0.4, -0.2) is 99.0 Å². The van der Waals surface area contributed by atoms with Gasteiger partial charge in [0.2, 0.25) is 0 Å². The molecule has 0 radical (unpaired) electrons. The maximum absolute atomic E-state index is 13.5. The summed E-state index contributed by atoms with van der Waals surface area (Å²) >= 11 is 0. The molecule has 0 saturated carbocycles. The number of unbranched alkanes of at least 4 members (excludes halogenated alkanes) is 1. The molecule has 0 spiro atoms. The molecule has 1 aliphatic rings. The zero-order valence-electron chi connectivity index (χ0n) is 30.6. The lowest BCUT2D eigenvalue weighted by Gasteiger charge is -2.39. The first-order valence-corrected chi connectivity index (χ1v) is 18.2. The van der Waals surface area contributed by atoms with Crippen LogP contribution in [0.2, 0.25) is 0 Å². The average Bonchev–Trinajstić information content (AvgIpc) is 3.11. The third-order valence-electron chi connectivity index (χ3n) is 8.88. The molecule has 3 N–H and O–H groups in total. The van der Waals surface area contributed by atoms with E-state index in [0.29, 0.717) is 56.5 Å². The normalized spacial score (nSPS) is 15.2. The van der Waals surface area contributed by atoms with Gasteiger partial charge in [0.05, 0.1) is 6.61 Å². The van der Waals surface area contributed by atoms with Gasteiger partial charge in [-0.3, -0.25) is 20.0 Å². The molecule has 13 heteroatoms. The molecule has 1 amide bonds. The molecule has 1 fully saturated rings. The largest absolute Gasteiger partial charge is 0.493 e. The van der Waals surface area contributed by atoms with Crippen molar-refractivity contribution in [3.8, 4) is 16.9 Å². The van der Waals surface area contributed by atoms with Crippen molar-refractivity contribution in [2.75, 3.05) is 53.0 Å². The highest BCUT2D eigenvalue weighted by Crippen LogP contribution is 2.38. The van der Waals surface area contributed by atoms with Gasteiger partial charge in [0.1, 0.15) is 5.75 Å². The monoisotopic (exact) mass is 719 g/mol. The average molecular weight is 720 g/mol. The number of nitrogens with zero attached hydrogens (tertiary/aromatic N) is 3. The molecule has 1 atom stereocenters. The predicted molar refractivity (Wildman–Crippen MR) is 193 cm³/mol. The molecule has 1 saturated heterocycles. The number of carbonyl (C=O) groups is 2. The van der Waals surface area contributed by atoms with Gasteiger partial charge >= 0.3 is 12.1 Å². The van der Waals surface area contributed by atoms with Crippen molar-refractivity contribution in [2.24, 2.45) is 10.7 Å². The number of piperidine rings is 1. The molecule has 2 aromatic rings. The van der Waals surface area contributed by atoms with Crippen molar-refractivity contribution in [2.45, 2.75) is 97.0 Å². The maximum atomic E-state index is 13.5. The standard InChI is InChI=1S/C38H56F3N5O5/c1-5-8-19-43-37(42)44-35(47)33(51-36(48)38(39,40)41)26-29-15-16-31(28-13-10-9-11-14-28)34(50-25-12-24-49-4)32(29)27-45-22-17-30(18-23-45)46(20-6-2)21-7-3/h9-11,13-16,30,33H,5-8,12,17-27H2,1-4H3,(H3,42,43,44,47). The summed E-state index contributed by atoms with van der Waals surface area (Å²) in [4.78, 5) is 34.5. The topological polar surface area (TPSA) is 119 Å². The number of guanidine groups is 1. The number of alkyl halides is 3. The fraction of sp³-hybridized carbons (Fsp3) is 0.605. The first-order chi connectivity index (χ1) is 24.5. The van der Waals surface area contributed by atoms with Crippen LogP contribution in [0.3, 0.4) is 0 Å². The maximum Gasteiger partial charge on any atom is 0.490 e. The van der Waals surface area contributed by atoms with E-state index in [1.807, 2.05) is 43.3 Å². The molecule has 1 unspecified atom stereocenters. The summed E-state index contributed by atoms with van der Waals surface area (Å²) in [5.74, 6) is -3.16. The summed E-state index contributed by atoms with van der Waals surface area (Å²) in [5, 5.41) is 2.34. The van der Waals surface area contributed by atoms with Crippen molar-refractivity contribution < 1.29 is 37.0 Å². The van der Waals surface area contributed by atoms with Crippen LogP contribution in [0, 0.1) is 0 Å². The van der Waals surface area contributed by atoms with Gasteiger partial charge in [-0.25, -0.2) is 4.79 Å². The smallest absolute Gasteiger partial charge is 0.490 e. The fourth-order valence-electron chi connectivity index (χ4n) is 6.33. The first kappa shape index (κ1) is 41.7. The van der Waals surface area contributed by atoms with Gasteiger partial charge in [-0.15, -0.1) is 0 Å². The van der Waals surface area contributed by atoms with E-state index >= 15 is 0 Å². The summed E-state index contributed by atoms with van der Waals surface area (Å²) in [6, 6.07) is 13.8. The van der Waals surface area contributed by atoms with Crippen LogP contribution < -0.4 is 15.8 Å². The number of hydrogen-bond donors (Lipinski definition) is 2. The third kappa shape index (κ3) is 13.4. The Hall–Kier alpha value is -3.68. The minimum Gasteiger partial charge on any atom is -0.493 e. The minimum atomic E-state index is -5.30. The predicted octanol–water partition coefficient (Wildman–Crippen LogP) is 6.10. The number of rotatable bonds is 20. The second kappa shape index (κ2) is 21.6. The number of likely N-dealkylation sites (tertiary alicyclic amines) is 1. The number of ether oxygens (including phenoxy) is 3. The van der Waals surface area contributed by atoms with Crippen molar-refractivity contribution in [3.63, 3.8) is 0 Å². The van der Waals surface area contributed by atoms with Crippen LogP contribution in [0.1, 0.15) is 76.8 Å². The number of esters is 1. The number of nitrogens with one attached hydrogen (secondary N) is 1. The van der Waals surface area contributed by atoms with E-state index in [4.69, 9.17) is 19.9 Å². The Morgan fingerprint density at radius 1 is 1.00 bits per heavy atom. The van der Waals surface area contributed by atoms with E-state index in [9.17, 15) is 22.8 Å². The highest BCUT2D eigenvalue weighted by Gasteiger charge is 2.43. The molecule has 1 aliphatic heterocycles. The summed E-state index contributed by atoms with van der Waals surface area (Å²) in [7, 11) is 1.61. The number of aliphatic imine (C=N–C) groups is 1. The number of benzene rings is 2. The van der Waals surface area contributed by atoms with Crippen molar-refractivity contribution in [1.82, 2.24) is 15.1 Å². The molecule has 284 valence electrons. The molecule has 1 heterocycles. The quantitative estimate of drug-likeness (QED) is 0.0730. The second-order valence-corrected chi connectivity index (χ2v) is 12.9. The van der Waals surface area contributed by atoms with Crippen LogP contribution in [0.15, 0.2) is 47.5 Å². The van der Waals surface area contributed by atoms with Gasteiger partial charge in [-0.2, -0.15) is 13.2 Å². The summed E-state index contributed by atoms with van der Waals surface area (Å²) < 4.78 is 57.0. The fourth-order valence-corrected chi connectivity index (χ4v) is 6.33. The lowest BCUT2D eigenvalue weighted by molar-refractivity contribution is -0.205. The number of halogens is 3. The Balaban J connectivity index is 2.05. The Morgan fingerprint density at radius 3 is 2.29 bits per heavy atom. The second-order valence-electron chi connectivity index (χ2n) is 12.9. The lowest BCUT2D eigenvalue weighted by Crippen LogP contribution is -2.47. The zero-order chi connectivity index (χ0) is 37.2. The van der Waals surface area contributed by atoms with Crippen molar-refractivity contribution >= 4 is 17.8 Å². The lowest BCUT2D eigenvalue weighted by atomic mass is 9.93. The summed E-state index contributed by atoms with van der Waals surface area (Å²) in [5.41, 5.74) is 8.83. The molecule has 0 aliphatic carbocycles. The van der Waals surface area contributed by atoms with Gasteiger partial charge in [0.15, 0.2) is 12.1 Å². The third-order valence-corrected chi connectivity index (χ3v) is 8.88. The van der Waals surface area contributed by atoms with E-state index in [-0.39, 0.29) is 12.4 Å². The highest BCUT2D eigenvalue weighted by atomic mass is 19.4. The Kier molecular flexibility index (Phi) is 17.7. The Morgan fingerprint density at radius 2 is 1.69 bits per heavy atom. The molecule has 2 aromatic carbocycles. The van der Waals surface area contributed by atoms with Crippen molar-refractivity contribution in [1.29, 1.82) is 0 Å². The van der Waals surface area contributed by atoms with Gasteiger partial charge in [0, 0.05) is 56.8 Å². The zero-order valence-corrected chi connectivity index (χ0v) is 30.6. The molecule has 3 rings (SSSR count). The molecular formula is C38H56F3N5O5. The summed E-state index contributed by atoms with van der Waals surface area (Å²) in [6.07, 6.45) is -1.21. The number of carbonyl (C=O) groups excluding carboxylic acids is 2. The van der Waals surface area contributed by atoms with E-state index < -0.39 is 24.2 Å². The minimum absolute atomic E-state index is 0.258. The summed E-state index contributed by atoms with van der Waals surface area (Å²) in [6.45, 7) is 11.6. The van der Waals surface area contributed by atoms with Gasteiger partial charge in [-0.1, -0.05) is 69.7 Å². The van der Waals surface area contributed by atoms with Gasteiger partial charge in [0.25, 0.3) is 5.91 Å². The molecule has 10 nitrogen and oxygen atoms in total.